The molecule has 1 aliphatic heterocycles. The lowest BCUT2D eigenvalue weighted by Gasteiger charge is -2.23. The third-order valence-corrected chi connectivity index (χ3v) is 8.59. The van der Waals surface area contributed by atoms with E-state index >= 15 is 0 Å². The largest absolute Gasteiger partial charge is 0.456 e. The van der Waals surface area contributed by atoms with Crippen LogP contribution in [0.2, 0.25) is 0 Å². The van der Waals surface area contributed by atoms with Crippen molar-refractivity contribution in [2.75, 3.05) is 0 Å². The van der Waals surface area contributed by atoms with Gasteiger partial charge in [0.2, 0.25) is 0 Å². The van der Waals surface area contributed by atoms with E-state index in [0.717, 1.165) is 88.3 Å². The fourth-order valence-electron chi connectivity index (χ4n) is 6.71. The Morgan fingerprint density at radius 1 is 0.395 bits per heavy atom. The first-order valence-corrected chi connectivity index (χ1v) is 14.4. The first-order valence-electron chi connectivity index (χ1n) is 16.4. The van der Waals surface area contributed by atoms with Crippen molar-refractivity contribution >= 4 is 32.3 Å². The topological polar surface area (TPSA) is 9.23 Å². The van der Waals surface area contributed by atoms with Gasteiger partial charge in [0.25, 0.3) is 0 Å². The first kappa shape index (κ1) is 20.3. The SMILES string of the molecule is [2H]c1cc2c(-c3cccc(-c4ccccc4)c3)c3cc([2H])c([2H])cc3c(-c3ccc4c(c3)-c3cccc5cccc(c35)O4)c2cc1[2H]. The molecule has 0 fully saturated rings. The van der Waals surface area contributed by atoms with Crippen molar-refractivity contribution in [2.24, 2.45) is 0 Å². The lowest BCUT2D eigenvalue weighted by atomic mass is 9.84. The second-order valence-corrected chi connectivity index (χ2v) is 11.0. The van der Waals surface area contributed by atoms with Gasteiger partial charge >= 0.3 is 0 Å². The van der Waals surface area contributed by atoms with Gasteiger partial charge in [-0.15, -0.1) is 0 Å². The van der Waals surface area contributed by atoms with Crippen molar-refractivity contribution in [1.29, 1.82) is 0 Å². The molecule has 8 aromatic carbocycles. The summed E-state index contributed by atoms with van der Waals surface area (Å²) < 4.78 is 41.2. The van der Waals surface area contributed by atoms with E-state index in [0.29, 0.717) is 0 Å². The zero-order chi connectivity index (χ0) is 31.8. The summed E-state index contributed by atoms with van der Waals surface area (Å²) in [7, 11) is 0. The molecular formula is C42H26O. The Kier molecular flexibility index (Phi) is 4.45. The summed E-state index contributed by atoms with van der Waals surface area (Å²) in [6, 6.07) is 44.7. The zero-order valence-corrected chi connectivity index (χ0v) is 23.1. The van der Waals surface area contributed by atoms with Crippen molar-refractivity contribution in [2.45, 2.75) is 0 Å². The highest BCUT2D eigenvalue weighted by molar-refractivity contribution is 6.21. The van der Waals surface area contributed by atoms with Gasteiger partial charge < -0.3 is 4.74 Å². The van der Waals surface area contributed by atoms with E-state index in [4.69, 9.17) is 10.2 Å². The molecule has 0 saturated carbocycles. The first-order chi connectivity index (χ1) is 22.9. The Labute approximate surface area is 255 Å². The second-order valence-electron chi connectivity index (χ2n) is 11.0. The molecule has 1 nitrogen and oxygen atoms in total. The van der Waals surface area contributed by atoms with Crippen LogP contribution in [0.5, 0.6) is 11.5 Å². The van der Waals surface area contributed by atoms with E-state index < -0.39 is 0 Å². The third kappa shape index (κ3) is 3.72. The number of hydrogen-bond acceptors (Lipinski definition) is 1. The summed E-state index contributed by atoms with van der Waals surface area (Å²) in [5, 5.41) is 5.49. The quantitative estimate of drug-likeness (QED) is 0.199. The van der Waals surface area contributed by atoms with E-state index in [1.54, 1.807) is 24.3 Å². The molecule has 1 aliphatic rings. The Balaban J connectivity index is 1.38. The second kappa shape index (κ2) is 9.44. The highest BCUT2D eigenvalue weighted by Gasteiger charge is 2.22. The van der Waals surface area contributed by atoms with E-state index in [-0.39, 0.29) is 24.2 Å². The van der Waals surface area contributed by atoms with Crippen LogP contribution in [-0.4, -0.2) is 0 Å². The average Bonchev–Trinajstić information content (AvgIpc) is 3.09. The molecule has 0 unspecified atom stereocenters. The van der Waals surface area contributed by atoms with Gasteiger partial charge in [-0.1, -0.05) is 133 Å². The molecule has 0 saturated heterocycles. The van der Waals surface area contributed by atoms with Gasteiger partial charge in [0.05, 0.1) is 5.48 Å². The van der Waals surface area contributed by atoms with Crippen LogP contribution in [0, 0.1) is 0 Å². The van der Waals surface area contributed by atoms with Crippen LogP contribution >= 0.6 is 0 Å². The monoisotopic (exact) mass is 550 g/mol. The van der Waals surface area contributed by atoms with Crippen LogP contribution < -0.4 is 4.74 Å². The fraction of sp³-hybridized carbons (Fsp3) is 0. The number of benzene rings is 8. The normalized spacial score (nSPS) is 13.2. The predicted octanol–water partition coefficient (Wildman–Crippen LogP) is 11.9. The van der Waals surface area contributed by atoms with Gasteiger partial charge in [-0.3, -0.25) is 0 Å². The number of fused-ring (bicyclic) bond motifs is 4. The minimum absolute atomic E-state index is 0.130. The van der Waals surface area contributed by atoms with Gasteiger partial charge in [-0.2, -0.15) is 0 Å². The standard InChI is InChI=1S/C42H26O/c1-2-11-27(12-3-1)29-15-8-16-30(25-29)40-32-17-4-6-19-34(32)41(35-20-7-5-18-33(35)40)31-23-24-38-37(26-31)36-21-9-13-28-14-10-22-39(43-38)42(28)36/h1-26H/i4D,5D,6D,7D. The Bertz CT molecular complexity index is 2520. The molecule has 9 rings (SSSR count). The zero-order valence-electron chi connectivity index (χ0n) is 27.1. The predicted molar refractivity (Wildman–Crippen MR) is 181 cm³/mol. The smallest absolute Gasteiger partial charge is 0.135 e. The Hall–Kier alpha value is -5.66. The van der Waals surface area contributed by atoms with E-state index in [9.17, 15) is 0 Å². The van der Waals surface area contributed by atoms with Crippen molar-refractivity contribution < 1.29 is 10.2 Å². The van der Waals surface area contributed by atoms with Gasteiger partial charge in [0, 0.05) is 10.9 Å². The molecule has 0 N–H and O–H groups in total. The third-order valence-electron chi connectivity index (χ3n) is 8.59. The van der Waals surface area contributed by atoms with Crippen LogP contribution in [0.3, 0.4) is 0 Å². The molecule has 0 aliphatic carbocycles. The van der Waals surface area contributed by atoms with Crippen LogP contribution in [-0.2, 0) is 0 Å². The van der Waals surface area contributed by atoms with E-state index in [2.05, 4.69) is 60.7 Å². The van der Waals surface area contributed by atoms with Crippen LogP contribution in [0.4, 0.5) is 0 Å². The summed E-state index contributed by atoms with van der Waals surface area (Å²) in [6.45, 7) is 0. The minimum atomic E-state index is 0.130. The maximum Gasteiger partial charge on any atom is 0.135 e. The summed E-state index contributed by atoms with van der Waals surface area (Å²) in [5.41, 5.74) is 7.84. The molecule has 0 amide bonds. The molecule has 200 valence electrons. The van der Waals surface area contributed by atoms with E-state index in [1.165, 1.54) is 0 Å². The summed E-state index contributed by atoms with van der Waals surface area (Å²) in [5.74, 6) is 1.60. The molecular weight excluding hydrogens is 520 g/mol. The minimum Gasteiger partial charge on any atom is -0.456 e. The van der Waals surface area contributed by atoms with Gasteiger partial charge in [0.15, 0.2) is 0 Å². The lowest BCUT2D eigenvalue weighted by molar-refractivity contribution is 0.487. The number of hydrogen-bond donors (Lipinski definition) is 0. The number of ether oxygens (including phenoxy) is 1. The molecule has 0 aromatic heterocycles. The maximum absolute atomic E-state index is 8.70. The molecule has 0 bridgehead atoms. The Morgan fingerprint density at radius 2 is 0.977 bits per heavy atom. The van der Waals surface area contributed by atoms with Crippen LogP contribution in [0.25, 0.3) is 76.8 Å². The highest BCUT2D eigenvalue weighted by atomic mass is 16.5. The molecule has 8 aromatic rings. The molecule has 43 heavy (non-hydrogen) atoms. The van der Waals surface area contributed by atoms with Gasteiger partial charge in [-0.25, -0.2) is 0 Å². The van der Waals surface area contributed by atoms with Crippen LogP contribution in [0.15, 0.2) is 158 Å². The van der Waals surface area contributed by atoms with Crippen molar-refractivity contribution in [3.63, 3.8) is 0 Å². The summed E-state index contributed by atoms with van der Waals surface area (Å²) in [4.78, 5) is 0. The van der Waals surface area contributed by atoms with Crippen molar-refractivity contribution in [3.05, 3.63) is 158 Å². The maximum atomic E-state index is 8.70. The highest BCUT2D eigenvalue weighted by Crippen LogP contribution is 2.49. The van der Waals surface area contributed by atoms with E-state index in [1.807, 2.05) is 48.5 Å². The van der Waals surface area contributed by atoms with Crippen LogP contribution in [0.1, 0.15) is 5.48 Å². The molecule has 1 heterocycles. The Morgan fingerprint density at radius 3 is 1.67 bits per heavy atom. The van der Waals surface area contributed by atoms with Crippen molar-refractivity contribution in [3.8, 4) is 56.0 Å². The molecule has 0 atom stereocenters. The fourth-order valence-corrected chi connectivity index (χ4v) is 6.71. The van der Waals surface area contributed by atoms with Crippen molar-refractivity contribution in [1.82, 2.24) is 0 Å². The van der Waals surface area contributed by atoms with Gasteiger partial charge in [0.1, 0.15) is 11.5 Å². The molecule has 0 spiro atoms. The molecule has 1 heteroatoms. The van der Waals surface area contributed by atoms with Gasteiger partial charge in [-0.05, 0) is 90.1 Å². The average molecular weight is 551 g/mol. The number of rotatable bonds is 3. The lowest BCUT2D eigenvalue weighted by Crippen LogP contribution is -1.98. The molecule has 0 radical (unpaired) electrons. The summed E-state index contributed by atoms with van der Waals surface area (Å²) >= 11 is 0. The summed E-state index contributed by atoms with van der Waals surface area (Å²) in [6.07, 6.45) is 0.